The van der Waals surface area contributed by atoms with E-state index in [0.29, 0.717) is 25.9 Å². The van der Waals surface area contributed by atoms with E-state index in [9.17, 15) is 14.7 Å². The van der Waals surface area contributed by atoms with Crippen molar-refractivity contribution < 1.29 is 19.4 Å². The first-order valence-corrected chi connectivity index (χ1v) is 6.01. The predicted octanol–water partition coefficient (Wildman–Crippen LogP) is 0.424. The van der Waals surface area contributed by atoms with E-state index in [2.05, 4.69) is 5.32 Å². The Morgan fingerprint density at radius 1 is 1.71 bits per heavy atom. The van der Waals surface area contributed by atoms with E-state index in [-0.39, 0.29) is 6.10 Å². The zero-order valence-corrected chi connectivity index (χ0v) is 9.94. The summed E-state index contributed by atoms with van der Waals surface area (Å²) in [6, 6.07) is 0. The van der Waals surface area contributed by atoms with Crippen molar-refractivity contribution in [3.63, 3.8) is 0 Å². The molecule has 96 valence electrons. The lowest BCUT2D eigenvalue weighted by molar-refractivity contribution is -0.150. The summed E-state index contributed by atoms with van der Waals surface area (Å²) < 4.78 is 5.06. The minimum absolute atomic E-state index is 0.231. The van der Waals surface area contributed by atoms with Crippen LogP contribution in [0.1, 0.15) is 26.2 Å². The first-order valence-electron chi connectivity index (χ1n) is 6.01. The predicted molar refractivity (Wildman–Crippen MR) is 59.7 cm³/mol. The number of hydrogen-bond acceptors (Lipinski definition) is 4. The molecule has 2 fully saturated rings. The zero-order chi connectivity index (χ0) is 12.5. The normalized spacial score (nSPS) is 33.5. The second-order valence-corrected chi connectivity index (χ2v) is 4.65. The third-order valence-electron chi connectivity index (χ3n) is 3.78. The van der Waals surface area contributed by atoms with Gasteiger partial charge in [-0.05, 0) is 25.8 Å². The van der Waals surface area contributed by atoms with E-state index in [1.165, 1.54) is 0 Å². The third-order valence-corrected chi connectivity index (χ3v) is 3.78. The van der Waals surface area contributed by atoms with Crippen molar-refractivity contribution in [2.45, 2.75) is 37.8 Å². The molecule has 6 heteroatoms. The average Bonchev–Trinajstić information content (AvgIpc) is 2.86. The summed E-state index contributed by atoms with van der Waals surface area (Å²) in [4.78, 5) is 24.3. The SMILES string of the molecule is CCC1(C(=O)O)CCCN1CC1CNC(=O)O1. The highest BCUT2D eigenvalue weighted by molar-refractivity contribution is 5.79. The van der Waals surface area contributed by atoms with Crippen LogP contribution in [0.2, 0.25) is 0 Å². The van der Waals surface area contributed by atoms with Gasteiger partial charge in [-0.1, -0.05) is 6.92 Å². The maximum absolute atomic E-state index is 11.4. The number of carboxylic acid groups (broad SMARTS) is 1. The monoisotopic (exact) mass is 242 g/mol. The van der Waals surface area contributed by atoms with Crippen molar-refractivity contribution in [2.75, 3.05) is 19.6 Å². The Morgan fingerprint density at radius 2 is 2.47 bits per heavy atom. The maximum Gasteiger partial charge on any atom is 0.407 e. The molecule has 2 atom stereocenters. The molecule has 2 heterocycles. The molecule has 6 nitrogen and oxygen atoms in total. The Bertz CT molecular complexity index is 333. The number of cyclic esters (lactones) is 1. The van der Waals surface area contributed by atoms with Gasteiger partial charge in [0.05, 0.1) is 6.54 Å². The van der Waals surface area contributed by atoms with Gasteiger partial charge in [-0.3, -0.25) is 9.69 Å². The van der Waals surface area contributed by atoms with Crippen molar-refractivity contribution in [1.29, 1.82) is 0 Å². The van der Waals surface area contributed by atoms with Crippen molar-refractivity contribution in [1.82, 2.24) is 10.2 Å². The minimum Gasteiger partial charge on any atom is -0.480 e. The van der Waals surface area contributed by atoms with Gasteiger partial charge >= 0.3 is 12.1 Å². The molecule has 2 aliphatic heterocycles. The molecule has 2 rings (SSSR count). The van der Waals surface area contributed by atoms with Crippen LogP contribution in [-0.2, 0) is 9.53 Å². The molecular formula is C11H18N2O4. The molecule has 0 radical (unpaired) electrons. The number of rotatable bonds is 4. The minimum atomic E-state index is -0.769. The Kier molecular flexibility index (Phi) is 3.24. The summed E-state index contributed by atoms with van der Waals surface area (Å²) in [5.41, 5.74) is -0.769. The van der Waals surface area contributed by atoms with Crippen LogP contribution in [0.15, 0.2) is 0 Å². The topological polar surface area (TPSA) is 78.9 Å². The number of carboxylic acids is 1. The van der Waals surface area contributed by atoms with E-state index in [4.69, 9.17) is 4.74 Å². The number of aliphatic carboxylic acids is 1. The fourth-order valence-electron chi connectivity index (χ4n) is 2.77. The van der Waals surface area contributed by atoms with Gasteiger partial charge in [0.25, 0.3) is 0 Å². The highest BCUT2D eigenvalue weighted by Gasteiger charge is 2.47. The Labute approximate surface area is 99.9 Å². The fourth-order valence-corrected chi connectivity index (χ4v) is 2.77. The van der Waals surface area contributed by atoms with Gasteiger partial charge in [-0.2, -0.15) is 0 Å². The van der Waals surface area contributed by atoms with Gasteiger partial charge in [0.1, 0.15) is 11.6 Å². The van der Waals surface area contributed by atoms with E-state index >= 15 is 0 Å². The van der Waals surface area contributed by atoms with Crippen LogP contribution in [0, 0.1) is 0 Å². The second kappa shape index (κ2) is 4.52. The highest BCUT2D eigenvalue weighted by Crippen LogP contribution is 2.33. The largest absolute Gasteiger partial charge is 0.480 e. The quantitative estimate of drug-likeness (QED) is 0.747. The van der Waals surface area contributed by atoms with Crippen molar-refractivity contribution in [2.24, 2.45) is 0 Å². The van der Waals surface area contributed by atoms with E-state index in [0.717, 1.165) is 13.0 Å². The molecule has 2 N–H and O–H groups in total. The standard InChI is InChI=1S/C11H18N2O4/c1-2-11(9(14)15)4-3-5-13(11)7-8-6-12-10(16)17-8/h8H,2-7H2,1H3,(H,12,16)(H,14,15). The third kappa shape index (κ3) is 2.09. The maximum atomic E-state index is 11.4. The molecule has 2 saturated heterocycles. The Morgan fingerprint density at radius 3 is 3.00 bits per heavy atom. The number of ether oxygens (including phenoxy) is 1. The summed E-state index contributed by atoms with van der Waals surface area (Å²) in [7, 11) is 0. The number of nitrogens with zero attached hydrogens (tertiary/aromatic N) is 1. The summed E-state index contributed by atoms with van der Waals surface area (Å²) in [6.45, 7) is 3.62. The molecule has 2 unspecified atom stereocenters. The molecule has 0 aromatic carbocycles. The van der Waals surface area contributed by atoms with Gasteiger partial charge in [0.2, 0.25) is 0 Å². The number of nitrogens with one attached hydrogen (secondary N) is 1. The number of carbonyl (C=O) groups excluding carboxylic acids is 1. The molecule has 0 spiro atoms. The first kappa shape index (κ1) is 12.2. The van der Waals surface area contributed by atoms with Crippen LogP contribution >= 0.6 is 0 Å². The fraction of sp³-hybridized carbons (Fsp3) is 0.818. The molecule has 2 aliphatic rings. The molecular weight excluding hydrogens is 224 g/mol. The summed E-state index contributed by atoms with van der Waals surface area (Å²) in [5.74, 6) is -0.769. The van der Waals surface area contributed by atoms with Gasteiger partial charge in [0, 0.05) is 6.54 Å². The number of hydrogen-bond donors (Lipinski definition) is 2. The number of amides is 1. The van der Waals surface area contributed by atoms with Crippen LogP contribution in [0.3, 0.4) is 0 Å². The van der Waals surface area contributed by atoms with Gasteiger partial charge in [-0.15, -0.1) is 0 Å². The summed E-state index contributed by atoms with van der Waals surface area (Å²) in [5, 5.41) is 12.0. The number of alkyl carbamates (subject to hydrolysis) is 1. The summed E-state index contributed by atoms with van der Waals surface area (Å²) in [6.07, 6.45) is 1.50. The van der Waals surface area contributed by atoms with Crippen LogP contribution < -0.4 is 5.32 Å². The molecule has 1 amide bonds. The van der Waals surface area contributed by atoms with Crippen molar-refractivity contribution in [3.8, 4) is 0 Å². The molecule has 0 bridgehead atoms. The van der Waals surface area contributed by atoms with Crippen LogP contribution in [0.5, 0.6) is 0 Å². The van der Waals surface area contributed by atoms with E-state index in [1.54, 1.807) is 0 Å². The summed E-state index contributed by atoms with van der Waals surface area (Å²) >= 11 is 0. The lowest BCUT2D eigenvalue weighted by Crippen LogP contribution is -2.52. The molecule has 0 aromatic rings. The van der Waals surface area contributed by atoms with Crippen LogP contribution in [0.25, 0.3) is 0 Å². The van der Waals surface area contributed by atoms with Gasteiger partial charge in [0.15, 0.2) is 0 Å². The molecule has 0 aliphatic carbocycles. The van der Waals surface area contributed by atoms with E-state index < -0.39 is 17.6 Å². The lowest BCUT2D eigenvalue weighted by Gasteiger charge is -2.34. The average molecular weight is 242 g/mol. The molecule has 0 saturated carbocycles. The smallest absolute Gasteiger partial charge is 0.407 e. The highest BCUT2D eigenvalue weighted by atomic mass is 16.6. The zero-order valence-electron chi connectivity index (χ0n) is 9.94. The van der Waals surface area contributed by atoms with Crippen LogP contribution in [-0.4, -0.2) is 53.3 Å². The first-order chi connectivity index (χ1) is 8.08. The number of likely N-dealkylation sites (tertiary alicyclic amines) is 1. The van der Waals surface area contributed by atoms with Crippen molar-refractivity contribution in [3.05, 3.63) is 0 Å². The Hall–Kier alpha value is -1.30. The Balaban J connectivity index is 2.04. The van der Waals surface area contributed by atoms with Crippen molar-refractivity contribution >= 4 is 12.1 Å². The van der Waals surface area contributed by atoms with E-state index in [1.807, 2.05) is 11.8 Å². The second-order valence-electron chi connectivity index (χ2n) is 4.65. The van der Waals surface area contributed by atoms with Crippen LogP contribution in [0.4, 0.5) is 4.79 Å². The lowest BCUT2D eigenvalue weighted by atomic mass is 9.93. The number of carbonyl (C=O) groups is 2. The molecule has 0 aromatic heterocycles. The molecule has 17 heavy (non-hydrogen) atoms. The van der Waals surface area contributed by atoms with Gasteiger partial charge < -0.3 is 15.2 Å². The van der Waals surface area contributed by atoms with Gasteiger partial charge in [-0.25, -0.2) is 4.79 Å².